The van der Waals surface area contributed by atoms with Gasteiger partial charge in [0.05, 0.1) is 31.4 Å². The smallest absolute Gasteiger partial charge is 0.318 e. The van der Waals surface area contributed by atoms with Crippen LogP contribution in [0.1, 0.15) is 31.4 Å². The third-order valence-electron chi connectivity index (χ3n) is 6.71. The number of hydrogen-bond donors (Lipinski definition) is 1. The number of benzene rings is 1. The first kappa shape index (κ1) is 20.9. The van der Waals surface area contributed by atoms with Crippen LogP contribution in [0.3, 0.4) is 0 Å². The van der Waals surface area contributed by atoms with Gasteiger partial charge in [-0.25, -0.2) is 23.6 Å². The third kappa shape index (κ3) is 3.42. The number of amidine groups is 1. The number of urea groups is 1. The number of carbonyl (C=O) groups is 1. The Labute approximate surface area is 185 Å². The molecule has 5 rings (SSSR count). The fourth-order valence-corrected chi connectivity index (χ4v) is 4.70. The first-order chi connectivity index (χ1) is 15.4. The molecule has 2 fully saturated rings. The molecule has 0 radical (unpaired) electrons. The molecule has 0 aromatic heterocycles. The second-order valence-electron chi connectivity index (χ2n) is 8.70. The summed E-state index contributed by atoms with van der Waals surface area (Å²) in [6.45, 7) is 3.69. The lowest BCUT2D eigenvalue weighted by Crippen LogP contribution is -2.62. The maximum absolute atomic E-state index is 14.5. The Kier molecular flexibility index (Phi) is 5.11. The first-order valence-electron chi connectivity index (χ1n) is 10.8. The van der Waals surface area contributed by atoms with Crippen LogP contribution in [0.4, 0.5) is 13.6 Å². The summed E-state index contributed by atoms with van der Waals surface area (Å²) in [6, 6.07) is 2.63. The number of rotatable bonds is 3. The number of nitrogens with one attached hydrogen (secondary N) is 1. The van der Waals surface area contributed by atoms with Gasteiger partial charge in [0.1, 0.15) is 23.5 Å². The molecule has 10 heteroatoms. The number of halogens is 2. The van der Waals surface area contributed by atoms with E-state index >= 15 is 0 Å². The van der Waals surface area contributed by atoms with Crippen molar-refractivity contribution in [1.82, 2.24) is 20.1 Å². The highest BCUT2D eigenvalue weighted by Gasteiger charge is 2.47. The molecule has 1 N–H and O–H groups in total. The normalized spacial score (nSPS) is 29.2. The van der Waals surface area contributed by atoms with Crippen molar-refractivity contribution in [2.45, 2.75) is 43.6 Å². The molecule has 4 heterocycles. The molecule has 1 aromatic carbocycles. The van der Waals surface area contributed by atoms with Gasteiger partial charge in [0.25, 0.3) is 0 Å². The molecule has 1 aromatic rings. The molecular weight excluding hydrogens is 418 g/mol. The van der Waals surface area contributed by atoms with Crippen molar-refractivity contribution in [1.29, 1.82) is 0 Å². The van der Waals surface area contributed by atoms with Crippen molar-refractivity contribution in [3.63, 3.8) is 0 Å². The van der Waals surface area contributed by atoms with Crippen LogP contribution in [0.15, 0.2) is 40.6 Å². The maximum Gasteiger partial charge on any atom is 0.318 e. The molecule has 2 amide bonds. The monoisotopic (exact) mass is 444 g/mol. The van der Waals surface area contributed by atoms with Gasteiger partial charge < -0.3 is 19.9 Å². The van der Waals surface area contributed by atoms with Crippen molar-refractivity contribution in [2.75, 3.05) is 26.7 Å². The number of aliphatic imine (C=N–C) groups is 1. The van der Waals surface area contributed by atoms with E-state index in [2.05, 4.69) is 10.4 Å². The quantitative estimate of drug-likeness (QED) is 0.778. The maximum atomic E-state index is 14.5. The Bertz CT molecular complexity index is 1010. The topological polar surface area (TPSA) is 72.8 Å². The summed E-state index contributed by atoms with van der Waals surface area (Å²) >= 11 is 0. The van der Waals surface area contributed by atoms with Gasteiger partial charge in [-0.1, -0.05) is 0 Å². The molecule has 2 saturated heterocycles. The number of carbonyl (C=O) groups excluding carboxylic acids is 1. The van der Waals surface area contributed by atoms with E-state index in [0.717, 1.165) is 12.5 Å². The van der Waals surface area contributed by atoms with Gasteiger partial charge in [-0.05, 0) is 44.0 Å². The van der Waals surface area contributed by atoms with E-state index in [-0.39, 0.29) is 18.2 Å². The molecule has 4 aliphatic heterocycles. The average Bonchev–Trinajstić information content (AvgIpc) is 3.33. The number of fused-ring (bicyclic) bond motifs is 1. The average molecular weight is 444 g/mol. The van der Waals surface area contributed by atoms with Gasteiger partial charge >= 0.3 is 6.03 Å². The van der Waals surface area contributed by atoms with Gasteiger partial charge in [0.2, 0.25) is 0 Å². The Morgan fingerprint density at radius 2 is 2.12 bits per heavy atom. The Hall–Kier alpha value is -3.01. The van der Waals surface area contributed by atoms with Crippen molar-refractivity contribution >= 4 is 18.1 Å². The third-order valence-corrected chi connectivity index (χ3v) is 6.71. The minimum absolute atomic E-state index is 0.0719. The SMILES string of the molecule is COC1CN(C(=O)NC2C=NN3C=CC(N4CCC[C@@H]4c4cc(F)ccc4F)=NC23C)C1. The second kappa shape index (κ2) is 7.84. The molecule has 2 unspecified atom stereocenters. The fourth-order valence-electron chi connectivity index (χ4n) is 4.70. The molecule has 0 aliphatic carbocycles. The van der Waals surface area contributed by atoms with Crippen LogP contribution in [0.25, 0.3) is 0 Å². The number of nitrogens with zero attached hydrogens (tertiary/aromatic N) is 5. The van der Waals surface area contributed by atoms with Gasteiger partial charge in [-0.3, -0.25) is 0 Å². The molecule has 0 spiro atoms. The van der Waals surface area contributed by atoms with Crippen LogP contribution in [0.2, 0.25) is 0 Å². The Morgan fingerprint density at radius 3 is 2.91 bits per heavy atom. The van der Waals surface area contributed by atoms with Crippen LogP contribution >= 0.6 is 0 Å². The summed E-state index contributed by atoms with van der Waals surface area (Å²) in [5.74, 6) is -0.209. The summed E-state index contributed by atoms with van der Waals surface area (Å²) in [7, 11) is 1.63. The lowest BCUT2D eigenvalue weighted by atomic mass is 10.0. The Balaban J connectivity index is 1.36. The lowest BCUT2D eigenvalue weighted by molar-refractivity contribution is -0.00855. The molecule has 170 valence electrons. The summed E-state index contributed by atoms with van der Waals surface area (Å²) in [4.78, 5) is 21.3. The van der Waals surface area contributed by atoms with Crippen molar-refractivity contribution in [3.05, 3.63) is 47.7 Å². The number of ether oxygens (including phenoxy) is 1. The largest absolute Gasteiger partial charge is 0.378 e. The number of hydrazone groups is 1. The van der Waals surface area contributed by atoms with Gasteiger partial charge in [0, 0.05) is 25.4 Å². The predicted molar refractivity (Wildman–Crippen MR) is 115 cm³/mol. The Morgan fingerprint density at radius 1 is 1.31 bits per heavy atom. The molecular formula is C22H26F2N6O2. The molecule has 8 nitrogen and oxygen atoms in total. The van der Waals surface area contributed by atoms with Gasteiger partial charge in [-0.2, -0.15) is 5.10 Å². The van der Waals surface area contributed by atoms with Gasteiger partial charge in [0.15, 0.2) is 5.66 Å². The number of methoxy groups -OCH3 is 1. The molecule has 32 heavy (non-hydrogen) atoms. The molecule has 0 bridgehead atoms. The van der Waals surface area contributed by atoms with E-state index < -0.39 is 23.3 Å². The van der Waals surface area contributed by atoms with Crippen LogP contribution in [0.5, 0.6) is 0 Å². The minimum atomic E-state index is -0.848. The van der Waals surface area contributed by atoms with E-state index in [1.807, 2.05) is 24.1 Å². The van der Waals surface area contributed by atoms with E-state index in [1.165, 1.54) is 12.1 Å². The van der Waals surface area contributed by atoms with E-state index in [1.54, 1.807) is 23.2 Å². The minimum Gasteiger partial charge on any atom is -0.378 e. The highest BCUT2D eigenvalue weighted by Crippen LogP contribution is 2.37. The standard InChI is InChI=1S/C22H26F2N6O2/c1-22-19(26-21(31)28-12-15(13-28)32-2)11-25-30(22)9-7-20(27-22)29-8-3-4-18(29)16-10-14(23)5-6-17(16)24/h5-7,9-11,15,18-19H,3-4,8,12-13H2,1-2H3,(H,26,31)/t18-,19?,22?/m1/s1. The zero-order chi connectivity index (χ0) is 22.5. The second-order valence-corrected chi connectivity index (χ2v) is 8.70. The lowest BCUT2D eigenvalue weighted by Gasteiger charge is -2.41. The van der Waals surface area contributed by atoms with Crippen molar-refractivity contribution in [3.8, 4) is 0 Å². The highest BCUT2D eigenvalue weighted by atomic mass is 19.1. The van der Waals surface area contributed by atoms with Crippen LogP contribution in [-0.2, 0) is 4.74 Å². The van der Waals surface area contributed by atoms with Crippen molar-refractivity contribution < 1.29 is 18.3 Å². The molecule has 0 saturated carbocycles. The van der Waals surface area contributed by atoms with E-state index in [4.69, 9.17) is 9.73 Å². The molecule has 3 atom stereocenters. The summed E-state index contributed by atoms with van der Waals surface area (Å²) in [5.41, 5.74) is -0.511. The summed E-state index contributed by atoms with van der Waals surface area (Å²) in [6.07, 6.45) is 6.95. The zero-order valence-corrected chi connectivity index (χ0v) is 18.0. The predicted octanol–water partition coefficient (Wildman–Crippen LogP) is 2.45. The van der Waals surface area contributed by atoms with Gasteiger partial charge in [-0.15, -0.1) is 0 Å². The van der Waals surface area contributed by atoms with Crippen LogP contribution in [0, 0.1) is 11.6 Å². The van der Waals surface area contributed by atoms with Crippen LogP contribution < -0.4 is 5.32 Å². The number of likely N-dealkylation sites (tertiary alicyclic amines) is 2. The summed E-state index contributed by atoms with van der Waals surface area (Å²) < 4.78 is 33.5. The van der Waals surface area contributed by atoms with E-state index in [9.17, 15) is 13.6 Å². The molecule has 4 aliphatic rings. The highest BCUT2D eigenvalue weighted by molar-refractivity contribution is 5.95. The van der Waals surface area contributed by atoms with E-state index in [0.29, 0.717) is 37.5 Å². The number of amides is 2. The fraction of sp³-hybridized carbons (Fsp3) is 0.500. The number of hydrogen-bond acceptors (Lipinski definition) is 6. The summed E-state index contributed by atoms with van der Waals surface area (Å²) in [5, 5.41) is 9.11. The first-order valence-corrected chi connectivity index (χ1v) is 10.8. The van der Waals surface area contributed by atoms with Crippen molar-refractivity contribution in [2.24, 2.45) is 10.1 Å². The van der Waals surface area contributed by atoms with Crippen LogP contribution in [-0.4, -0.2) is 77.4 Å². The zero-order valence-electron chi connectivity index (χ0n) is 18.0.